The van der Waals surface area contributed by atoms with Crippen LogP contribution in [0.1, 0.15) is 19.3 Å². The van der Waals surface area contributed by atoms with E-state index in [0.29, 0.717) is 23.8 Å². The van der Waals surface area contributed by atoms with E-state index in [-0.39, 0.29) is 12.2 Å². The number of rotatable bonds is 10. The maximum atomic E-state index is 14.5. The van der Waals surface area contributed by atoms with Crippen molar-refractivity contribution in [3.8, 4) is 5.75 Å². The number of primary amides is 1. The summed E-state index contributed by atoms with van der Waals surface area (Å²) in [6, 6.07) is 9.32. The Morgan fingerprint density at radius 2 is 2.00 bits per heavy atom. The summed E-state index contributed by atoms with van der Waals surface area (Å²) in [5.74, 6) is -1.18. The first-order valence-electron chi connectivity index (χ1n) is 12.1. The lowest BCUT2D eigenvalue weighted by atomic mass is 10.2. The van der Waals surface area contributed by atoms with E-state index < -0.39 is 17.5 Å². The van der Waals surface area contributed by atoms with Crippen molar-refractivity contribution in [3.63, 3.8) is 0 Å². The highest BCUT2D eigenvalue weighted by atomic mass is 19.2. The molecule has 2 aromatic carbocycles. The van der Waals surface area contributed by atoms with Crippen LogP contribution in [0.15, 0.2) is 54.7 Å². The number of fused-ring (bicyclic) bond motifs is 1. The van der Waals surface area contributed by atoms with Crippen molar-refractivity contribution in [3.05, 3.63) is 66.4 Å². The predicted molar refractivity (Wildman–Crippen MR) is 135 cm³/mol. The first-order chi connectivity index (χ1) is 18.0. The third-order valence-electron chi connectivity index (χ3n) is 6.19. The van der Waals surface area contributed by atoms with E-state index in [2.05, 4.69) is 25.6 Å². The smallest absolute Gasteiger partial charge is 0.239 e. The molecule has 12 heteroatoms. The number of nitrogens with zero attached hydrogens (tertiary/aromatic N) is 5. The van der Waals surface area contributed by atoms with Gasteiger partial charge in [-0.2, -0.15) is 5.12 Å². The van der Waals surface area contributed by atoms with Gasteiger partial charge < -0.3 is 20.7 Å². The van der Waals surface area contributed by atoms with Crippen LogP contribution in [-0.2, 0) is 4.79 Å². The molecule has 0 aliphatic carbocycles. The Kier molecular flexibility index (Phi) is 7.17. The first kappa shape index (κ1) is 24.5. The standard InChI is InChI=1S/C25H28F2N8O2/c26-19-5-3-6-21(24(19)27)35-32-23(15-34(35)14-22(28)36)31-25-18-8-7-17(13-20(18)29-16-30-25)37-12-4-11-33-9-1-2-10-33/h3,5-8,13,15-16,32H,1-2,4,9-12,14H2,(H2,28,36)(H,29,30,31). The maximum Gasteiger partial charge on any atom is 0.239 e. The first-order valence-corrected chi connectivity index (χ1v) is 12.1. The molecule has 1 amide bonds. The second-order valence-electron chi connectivity index (χ2n) is 8.88. The number of anilines is 2. The molecule has 3 heterocycles. The van der Waals surface area contributed by atoms with Gasteiger partial charge in [-0.15, -0.1) is 0 Å². The molecular weight excluding hydrogens is 482 g/mol. The number of amides is 1. The van der Waals surface area contributed by atoms with Crippen LogP contribution in [0.3, 0.4) is 0 Å². The van der Waals surface area contributed by atoms with E-state index in [1.54, 1.807) is 0 Å². The van der Waals surface area contributed by atoms with E-state index in [4.69, 9.17) is 10.5 Å². The lowest BCUT2D eigenvalue weighted by Gasteiger charge is -2.29. The molecule has 10 nitrogen and oxygen atoms in total. The summed E-state index contributed by atoms with van der Waals surface area (Å²) >= 11 is 0. The molecule has 1 aromatic heterocycles. The minimum absolute atomic E-state index is 0.117. The zero-order valence-corrected chi connectivity index (χ0v) is 20.2. The molecule has 1 saturated heterocycles. The van der Waals surface area contributed by atoms with Crippen molar-refractivity contribution >= 4 is 28.3 Å². The van der Waals surface area contributed by atoms with Crippen molar-refractivity contribution in [1.82, 2.24) is 25.3 Å². The minimum Gasteiger partial charge on any atom is -0.493 e. The molecule has 37 heavy (non-hydrogen) atoms. The fourth-order valence-electron chi connectivity index (χ4n) is 4.44. The number of nitrogens with two attached hydrogens (primary N) is 1. The Morgan fingerprint density at radius 3 is 2.81 bits per heavy atom. The van der Waals surface area contributed by atoms with E-state index in [1.165, 1.54) is 60.7 Å². The highest BCUT2D eigenvalue weighted by molar-refractivity contribution is 5.90. The number of ether oxygens (including phenoxy) is 1. The number of carbonyl (C=O) groups excluding carboxylic acids is 1. The predicted octanol–water partition coefficient (Wildman–Crippen LogP) is 2.71. The number of likely N-dealkylation sites (tertiary alicyclic amines) is 1. The summed E-state index contributed by atoms with van der Waals surface area (Å²) in [6.45, 7) is 3.73. The Bertz CT molecular complexity index is 1320. The zero-order chi connectivity index (χ0) is 25.8. The molecular formula is C25H28F2N8O2. The second-order valence-corrected chi connectivity index (χ2v) is 8.88. The van der Waals surface area contributed by atoms with Gasteiger partial charge in [0, 0.05) is 18.0 Å². The monoisotopic (exact) mass is 510 g/mol. The molecule has 1 fully saturated rings. The summed E-state index contributed by atoms with van der Waals surface area (Å²) in [5.41, 5.74) is 8.83. The van der Waals surface area contributed by atoms with Crippen LogP contribution in [0.2, 0.25) is 0 Å². The fraction of sp³-hybridized carbons (Fsp3) is 0.320. The molecule has 0 radical (unpaired) electrons. The van der Waals surface area contributed by atoms with Crippen molar-refractivity contribution in [2.45, 2.75) is 19.3 Å². The number of aromatic nitrogens is 2. The summed E-state index contributed by atoms with van der Waals surface area (Å²) < 4.78 is 34.2. The second kappa shape index (κ2) is 10.8. The zero-order valence-electron chi connectivity index (χ0n) is 20.2. The van der Waals surface area contributed by atoms with Crippen LogP contribution in [0.25, 0.3) is 10.9 Å². The lowest BCUT2D eigenvalue weighted by molar-refractivity contribution is -0.118. The molecule has 2 aliphatic rings. The van der Waals surface area contributed by atoms with Gasteiger partial charge in [0.15, 0.2) is 11.6 Å². The van der Waals surface area contributed by atoms with E-state index in [0.717, 1.165) is 30.2 Å². The van der Waals surface area contributed by atoms with Gasteiger partial charge in [0.25, 0.3) is 0 Å². The van der Waals surface area contributed by atoms with Crippen molar-refractivity contribution in [1.29, 1.82) is 0 Å². The molecule has 0 atom stereocenters. The highest BCUT2D eigenvalue weighted by Crippen LogP contribution is 2.28. The van der Waals surface area contributed by atoms with Gasteiger partial charge in [0.2, 0.25) is 5.91 Å². The molecule has 5 rings (SSSR count). The van der Waals surface area contributed by atoms with E-state index in [1.807, 2.05) is 18.2 Å². The Morgan fingerprint density at radius 1 is 1.16 bits per heavy atom. The van der Waals surface area contributed by atoms with Crippen LogP contribution in [0, 0.1) is 11.6 Å². The van der Waals surface area contributed by atoms with E-state index >= 15 is 0 Å². The van der Waals surface area contributed by atoms with Gasteiger partial charge >= 0.3 is 0 Å². The average molecular weight is 511 g/mol. The largest absolute Gasteiger partial charge is 0.493 e. The average Bonchev–Trinajstić information content (AvgIpc) is 3.53. The topological polar surface area (TPSA) is 112 Å². The van der Waals surface area contributed by atoms with Gasteiger partial charge in [-0.1, -0.05) is 6.07 Å². The molecule has 194 valence electrons. The number of hydrogen-bond donors (Lipinski definition) is 3. The number of benzene rings is 2. The lowest BCUT2D eigenvalue weighted by Crippen LogP contribution is -2.47. The van der Waals surface area contributed by atoms with Crippen molar-refractivity contribution in [2.24, 2.45) is 5.73 Å². The molecule has 4 N–H and O–H groups in total. The van der Waals surface area contributed by atoms with Crippen LogP contribution in [0.4, 0.5) is 20.3 Å². The number of nitrogens with one attached hydrogen (secondary N) is 2. The number of hydrazine groups is 2. The van der Waals surface area contributed by atoms with Gasteiger partial charge in [0.05, 0.1) is 18.3 Å². The molecule has 0 spiro atoms. The van der Waals surface area contributed by atoms with Crippen molar-refractivity contribution in [2.75, 3.05) is 43.2 Å². The summed E-state index contributed by atoms with van der Waals surface area (Å²) in [5, 5.41) is 6.38. The van der Waals surface area contributed by atoms with Crippen LogP contribution in [-0.4, -0.2) is 58.6 Å². The fourth-order valence-corrected chi connectivity index (χ4v) is 4.44. The van der Waals surface area contributed by atoms with E-state index in [9.17, 15) is 13.6 Å². The molecule has 0 saturated carbocycles. The Hall–Kier alpha value is -4.19. The Balaban J connectivity index is 1.29. The number of carbonyl (C=O) groups is 1. The van der Waals surface area contributed by atoms with Crippen molar-refractivity contribution < 1.29 is 18.3 Å². The number of hydrogen-bond acceptors (Lipinski definition) is 9. The highest BCUT2D eigenvalue weighted by Gasteiger charge is 2.27. The Labute approximate surface area is 212 Å². The van der Waals surface area contributed by atoms with Gasteiger partial charge in [-0.3, -0.25) is 15.2 Å². The third-order valence-corrected chi connectivity index (χ3v) is 6.19. The molecule has 2 aliphatic heterocycles. The van der Waals surface area contributed by atoms with Gasteiger partial charge in [0.1, 0.15) is 35.9 Å². The number of halogens is 2. The maximum absolute atomic E-state index is 14.5. The minimum atomic E-state index is -1.07. The molecule has 0 bridgehead atoms. The summed E-state index contributed by atoms with van der Waals surface area (Å²) in [6.07, 6.45) is 6.44. The SMILES string of the molecule is NC(=O)CN1C=C(Nc2ncnc3cc(OCCCN4CCCC4)ccc23)NN1c1cccc(F)c1F. The van der Waals surface area contributed by atoms with Gasteiger partial charge in [-0.05, 0) is 56.6 Å². The van der Waals surface area contributed by atoms with Crippen LogP contribution in [0.5, 0.6) is 5.75 Å². The molecule has 3 aromatic rings. The van der Waals surface area contributed by atoms with Crippen LogP contribution < -0.4 is 26.3 Å². The third kappa shape index (κ3) is 5.64. The quantitative estimate of drug-likeness (QED) is 0.355. The van der Waals surface area contributed by atoms with Gasteiger partial charge in [-0.25, -0.2) is 18.7 Å². The van der Waals surface area contributed by atoms with Crippen LogP contribution >= 0.6 is 0 Å². The normalized spacial score (nSPS) is 15.7. The summed E-state index contributed by atoms with van der Waals surface area (Å²) in [7, 11) is 0. The summed E-state index contributed by atoms with van der Waals surface area (Å²) in [4.78, 5) is 22.7. The molecule has 0 unspecified atom stereocenters.